The minimum Gasteiger partial charge on any atom is -0.367 e. The van der Waals surface area contributed by atoms with Crippen LogP contribution in [0.5, 0.6) is 0 Å². The highest BCUT2D eigenvalue weighted by molar-refractivity contribution is 6.21. The fourth-order valence-electron chi connectivity index (χ4n) is 2.01. The average Bonchev–Trinajstić information content (AvgIpc) is 3.12. The molecule has 1 unspecified atom stereocenters. The number of aryl methyl sites for hydroxylation is 1. The summed E-state index contributed by atoms with van der Waals surface area (Å²) < 4.78 is 1.99. The van der Waals surface area contributed by atoms with Crippen molar-refractivity contribution in [3.05, 3.63) is 18.6 Å². The third-order valence-corrected chi connectivity index (χ3v) is 3.75. The summed E-state index contributed by atoms with van der Waals surface area (Å²) in [6, 6.07) is 1.96. The molecule has 0 amide bonds. The molecule has 3 rings (SSSR count). The quantitative estimate of drug-likeness (QED) is 0.848. The molecule has 0 radical (unpaired) electrons. The van der Waals surface area contributed by atoms with E-state index in [-0.39, 0.29) is 5.38 Å². The van der Waals surface area contributed by atoms with Crippen LogP contribution in [0.1, 0.15) is 12.8 Å². The third kappa shape index (κ3) is 2.09. The molecule has 1 atom stereocenters. The number of fused-ring (bicyclic) bond motifs is 1. The molecule has 0 aromatic carbocycles. The van der Waals surface area contributed by atoms with Crippen molar-refractivity contribution >= 4 is 28.5 Å². The summed E-state index contributed by atoms with van der Waals surface area (Å²) in [6.07, 6.45) is 6.12. The average molecular weight is 251 g/mol. The first-order chi connectivity index (χ1) is 8.25. The van der Waals surface area contributed by atoms with Gasteiger partial charge in [-0.15, -0.1) is 11.6 Å². The number of nitrogens with one attached hydrogen (secondary N) is 1. The van der Waals surface area contributed by atoms with Gasteiger partial charge in [-0.25, -0.2) is 9.97 Å². The Morgan fingerprint density at radius 1 is 1.53 bits per heavy atom. The molecule has 1 N–H and O–H groups in total. The lowest BCUT2D eigenvalue weighted by Gasteiger charge is -2.10. The zero-order valence-corrected chi connectivity index (χ0v) is 10.5. The van der Waals surface area contributed by atoms with E-state index in [0.717, 1.165) is 23.4 Å². The van der Waals surface area contributed by atoms with Gasteiger partial charge in [-0.05, 0) is 24.8 Å². The fourth-order valence-corrected chi connectivity index (χ4v) is 2.34. The summed E-state index contributed by atoms with van der Waals surface area (Å²) in [4.78, 5) is 8.68. The fraction of sp³-hybridized carbons (Fsp3) is 0.500. The smallest absolute Gasteiger partial charge is 0.154 e. The van der Waals surface area contributed by atoms with Gasteiger partial charge in [-0.3, -0.25) is 0 Å². The van der Waals surface area contributed by atoms with Crippen molar-refractivity contribution in [2.75, 3.05) is 11.9 Å². The van der Waals surface area contributed by atoms with Crippen molar-refractivity contribution in [2.45, 2.75) is 18.2 Å². The Kier molecular flexibility index (Phi) is 2.67. The number of pyridine rings is 1. The highest BCUT2D eigenvalue weighted by Gasteiger charge is 2.29. The molecule has 1 aliphatic carbocycles. The minimum atomic E-state index is 0.204. The van der Waals surface area contributed by atoms with Crippen molar-refractivity contribution in [1.82, 2.24) is 14.5 Å². The second-order valence-electron chi connectivity index (χ2n) is 4.62. The number of aromatic nitrogens is 3. The zero-order valence-electron chi connectivity index (χ0n) is 9.73. The number of rotatable bonds is 4. The summed E-state index contributed by atoms with van der Waals surface area (Å²) in [5, 5.41) is 3.51. The van der Waals surface area contributed by atoms with E-state index in [4.69, 9.17) is 11.6 Å². The van der Waals surface area contributed by atoms with Crippen molar-refractivity contribution in [2.24, 2.45) is 13.0 Å². The molecule has 2 aromatic heterocycles. The van der Waals surface area contributed by atoms with Gasteiger partial charge in [-0.2, -0.15) is 0 Å². The largest absolute Gasteiger partial charge is 0.367 e. The van der Waals surface area contributed by atoms with E-state index in [2.05, 4.69) is 15.3 Å². The van der Waals surface area contributed by atoms with Gasteiger partial charge in [0.1, 0.15) is 5.52 Å². The van der Waals surface area contributed by atoms with E-state index in [9.17, 15) is 0 Å². The Morgan fingerprint density at radius 2 is 2.35 bits per heavy atom. The first kappa shape index (κ1) is 10.8. The van der Waals surface area contributed by atoms with E-state index in [1.165, 1.54) is 12.8 Å². The Bertz CT molecular complexity index is 532. The van der Waals surface area contributed by atoms with Crippen LogP contribution in [0.25, 0.3) is 11.0 Å². The van der Waals surface area contributed by atoms with Gasteiger partial charge in [0.2, 0.25) is 0 Å². The number of nitrogens with zero attached hydrogens (tertiary/aromatic N) is 3. The molecule has 0 saturated heterocycles. The molecule has 5 heteroatoms. The maximum Gasteiger partial charge on any atom is 0.154 e. The van der Waals surface area contributed by atoms with E-state index in [0.29, 0.717) is 5.92 Å². The van der Waals surface area contributed by atoms with Crippen molar-refractivity contribution in [3.8, 4) is 0 Å². The SMILES string of the molecule is Cn1cnc2c(NCC(Cl)C3CC3)nccc21. The molecule has 2 aromatic rings. The Hall–Kier alpha value is -1.29. The molecule has 0 aliphatic heterocycles. The summed E-state index contributed by atoms with van der Waals surface area (Å²) in [5.41, 5.74) is 2.00. The van der Waals surface area contributed by atoms with E-state index >= 15 is 0 Å². The zero-order chi connectivity index (χ0) is 11.8. The number of imidazole rings is 1. The van der Waals surface area contributed by atoms with Crippen LogP contribution >= 0.6 is 11.6 Å². The van der Waals surface area contributed by atoms with Crippen LogP contribution in [0, 0.1) is 5.92 Å². The molecule has 0 bridgehead atoms. The van der Waals surface area contributed by atoms with Gasteiger partial charge in [0, 0.05) is 19.8 Å². The van der Waals surface area contributed by atoms with E-state index in [1.54, 1.807) is 12.5 Å². The summed E-state index contributed by atoms with van der Waals surface area (Å²) in [6.45, 7) is 0.759. The van der Waals surface area contributed by atoms with Gasteiger partial charge in [0.05, 0.1) is 17.2 Å². The number of hydrogen-bond donors (Lipinski definition) is 1. The predicted octanol–water partition coefficient (Wildman–Crippen LogP) is 2.40. The normalized spacial score (nSPS) is 17.3. The molecule has 1 saturated carbocycles. The Balaban J connectivity index is 1.79. The maximum atomic E-state index is 6.27. The molecule has 1 aliphatic rings. The van der Waals surface area contributed by atoms with Gasteiger partial charge in [0.25, 0.3) is 0 Å². The van der Waals surface area contributed by atoms with Crippen LogP contribution in [0.2, 0.25) is 0 Å². The molecular weight excluding hydrogens is 236 g/mol. The molecule has 17 heavy (non-hydrogen) atoms. The highest BCUT2D eigenvalue weighted by Crippen LogP contribution is 2.35. The van der Waals surface area contributed by atoms with Crippen LogP contribution in [-0.2, 0) is 7.05 Å². The Morgan fingerprint density at radius 3 is 3.12 bits per heavy atom. The van der Waals surface area contributed by atoms with Gasteiger partial charge in [-0.1, -0.05) is 0 Å². The Labute approximate surface area is 105 Å². The van der Waals surface area contributed by atoms with Gasteiger partial charge < -0.3 is 9.88 Å². The highest BCUT2D eigenvalue weighted by atomic mass is 35.5. The van der Waals surface area contributed by atoms with E-state index in [1.807, 2.05) is 17.7 Å². The minimum absolute atomic E-state index is 0.204. The lowest BCUT2D eigenvalue weighted by atomic mass is 10.3. The number of hydrogen-bond acceptors (Lipinski definition) is 3. The van der Waals surface area contributed by atoms with Crippen LogP contribution in [0.4, 0.5) is 5.82 Å². The molecule has 0 spiro atoms. The first-order valence-electron chi connectivity index (χ1n) is 5.89. The number of halogens is 1. The van der Waals surface area contributed by atoms with Crippen molar-refractivity contribution in [3.63, 3.8) is 0 Å². The summed E-state index contributed by atoms with van der Waals surface area (Å²) in [7, 11) is 1.98. The molecule has 90 valence electrons. The number of anilines is 1. The predicted molar refractivity (Wildman–Crippen MR) is 69.4 cm³/mol. The standard InChI is InChI=1S/C12H15ClN4/c1-17-7-16-11-10(17)4-5-14-12(11)15-6-9(13)8-2-3-8/h4-5,7-9H,2-3,6H2,1H3,(H,14,15). The van der Waals surface area contributed by atoms with E-state index < -0.39 is 0 Å². The number of alkyl halides is 1. The topological polar surface area (TPSA) is 42.7 Å². The molecule has 1 fully saturated rings. The molecule has 4 nitrogen and oxygen atoms in total. The van der Waals surface area contributed by atoms with Crippen molar-refractivity contribution in [1.29, 1.82) is 0 Å². The van der Waals surface area contributed by atoms with Gasteiger partial charge >= 0.3 is 0 Å². The van der Waals surface area contributed by atoms with Crippen LogP contribution in [0.15, 0.2) is 18.6 Å². The van der Waals surface area contributed by atoms with Gasteiger partial charge in [0.15, 0.2) is 5.82 Å². The first-order valence-corrected chi connectivity index (χ1v) is 6.33. The lowest BCUT2D eigenvalue weighted by molar-refractivity contribution is 0.769. The second-order valence-corrected chi connectivity index (χ2v) is 5.18. The maximum absolute atomic E-state index is 6.27. The van der Waals surface area contributed by atoms with Crippen molar-refractivity contribution < 1.29 is 0 Å². The summed E-state index contributed by atoms with van der Waals surface area (Å²) >= 11 is 6.27. The molecule has 2 heterocycles. The summed E-state index contributed by atoms with van der Waals surface area (Å²) in [5.74, 6) is 1.52. The van der Waals surface area contributed by atoms with Crippen LogP contribution in [-0.4, -0.2) is 26.5 Å². The monoisotopic (exact) mass is 250 g/mol. The van der Waals surface area contributed by atoms with Crippen LogP contribution in [0.3, 0.4) is 0 Å². The third-order valence-electron chi connectivity index (χ3n) is 3.24. The lowest BCUT2D eigenvalue weighted by Crippen LogP contribution is -2.16. The second kappa shape index (κ2) is 4.18. The van der Waals surface area contributed by atoms with Crippen LogP contribution < -0.4 is 5.32 Å². The molecular formula is C12H15ClN4.